The summed E-state index contributed by atoms with van der Waals surface area (Å²) in [7, 11) is 4.05. The van der Waals surface area contributed by atoms with Crippen molar-refractivity contribution in [3.8, 4) is 5.88 Å². The maximum absolute atomic E-state index is 11.9. The predicted molar refractivity (Wildman–Crippen MR) is 97.3 cm³/mol. The molecule has 0 unspecified atom stereocenters. The van der Waals surface area contributed by atoms with E-state index in [4.69, 9.17) is 0 Å². The fourth-order valence-electron chi connectivity index (χ4n) is 2.61. The molecule has 1 aromatic heterocycles. The summed E-state index contributed by atoms with van der Waals surface area (Å²) in [5.74, 6) is -0.174. The van der Waals surface area contributed by atoms with Gasteiger partial charge in [0.15, 0.2) is 0 Å². The number of aromatic amines is 1. The molecule has 1 heterocycles. The monoisotopic (exact) mass is 321 g/mol. The lowest BCUT2D eigenvalue weighted by molar-refractivity contribution is 0.402. The highest BCUT2D eigenvalue weighted by Gasteiger charge is 2.08. The molecule has 5 nitrogen and oxygen atoms in total. The zero-order valence-corrected chi connectivity index (χ0v) is 13.7. The van der Waals surface area contributed by atoms with Crippen molar-refractivity contribution in [3.63, 3.8) is 0 Å². The van der Waals surface area contributed by atoms with Crippen molar-refractivity contribution in [2.75, 3.05) is 14.1 Å². The van der Waals surface area contributed by atoms with E-state index < -0.39 is 0 Å². The van der Waals surface area contributed by atoms with Crippen molar-refractivity contribution in [1.29, 1.82) is 0 Å². The quantitative estimate of drug-likeness (QED) is 0.726. The van der Waals surface area contributed by atoms with Gasteiger partial charge in [-0.3, -0.25) is 14.8 Å². The molecule has 0 amide bonds. The third kappa shape index (κ3) is 3.36. The summed E-state index contributed by atoms with van der Waals surface area (Å²) >= 11 is 0. The van der Waals surface area contributed by atoms with E-state index in [1.165, 1.54) is 5.56 Å². The first-order valence-electron chi connectivity index (χ1n) is 7.66. The molecule has 0 saturated carbocycles. The first kappa shape index (κ1) is 16.0. The van der Waals surface area contributed by atoms with Crippen molar-refractivity contribution in [3.05, 3.63) is 70.0 Å². The average molecular weight is 321 g/mol. The number of nitrogens with zero attached hydrogens (tertiary/aromatic N) is 2. The van der Waals surface area contributed by atoms with Crippen LogP contribution in [0.3, 0.4) is 0 Å². The van der Waals surface area contributed by atoms with Gasteiger partial charge in [0.2, 0.25) is 5.88 Å². The van der Waals surface area contributed by atoms with Crippen LogP contribution in [0.15, 0.2) is 58.3 Å². The third-order valence-corrected chi connectivity index (χ3v) is 3.73. The molecule has 0 radical (unpaired) electrons. The molecule has 0 fully saturated rings. The third-order valence-electron chi connectivity index (χ3n) is 3.73. The van der Waals surface area contributed by atoms with E-state index in [1.54, 1.807) is 24.4 Å². The van der Waals surface area contributed by atoms with E-state index in [9.17, 15) is 9.90 Å². The van der Waals surface area contributed by atoms with Crippen LogP contribution >= 0.6 is 0 Å². The number of benzene rings is 2. The number of hydrogen-bond acceptors (Lipinski definition) is 4. The smallest absolute Gasteiger partial charge is 0.258 e. The number of hydrogen-bond donors (Lipinski definition) is 2. The van der Waals surface area contributed by atoms with Gasteiger partial charge in [-0.15, -0.1) is 0 Å². The maximum Gasteiger partial charge on any atom is 0.258 e. The van der Waals surface area contributed by atoms with E-state index in [2.05, 4.69) is 14.9 Å². The molecular formula is C19H19N3O2. The van der Waals surface area contributed by atoms with Crippen LogP contribution < -0.4 is 5.56 Å². The Morgan fingerprint density at radius 2 is 1.75 bits per heavy atom. The molecule has 0 atom stereocenters. The summed E-state index contributed by atoms with van der Waals surface area (Å²) in [5.41, 5.74) is 2.18. The number of H-pyrrole nitrogens is 1. The van der Waals surface area contributed by atoms with E-state index >= 15 is 0 Å². The molecule has 122 valence electrons. The zero-order chi connectivity index (χ0) is 17.1. The minimum absolute atomic E-state index is 0.174. The van der Waals surface area contributed by atoms with Gasteiger partial charge >= 0.3 is 0 Å². The van der Waals surface area contributed by atoms with Crippen molar-refractivity contribution in [1.82, 2.24) is 9.88 Å². The van der Waals surface area contributed by atoms with Gasteiger partial charge in [0.05, 0.1) is 11.3 Å². The number of rotatable bonds is 4. The van der Waals surface area contributed by atoms with Crippen LogP contribution in [0.1, 0.15) is 11.1 Å². The summed E-state index contributed by atoms with van der Waals surface area (Å²) in [6.07, 6.45) is 1.58. The van der Waals surface area contributed by atoms with E-state index in [1.807, 2.05) is 44.4 Å². The Morgan fingerprint density at radius 3 is 2.42 bits per heavy atom. The average Bonchev–Trinajstić information content (AvgIpc) is 2.55. The van der Waals surface area contributed by atoms with Crippen molar-refractivity contribution in [2.45, 2.75) is 6.54 Å². The van der Waals surface area contributed by atoms with Gasteiger partial charge in [0, 0.05) is 23.5 Å². The van der Waals surface area contributed by atoms with E-state index in [0.717, 1.165) is 12.2 Å². The fourth-order valence-corrected chi connectivity index (χ4v) is 2.61. The Balaban J connectivity index is 1.95. The number of fused-ring (bicyclic) bond motifs is 1. The molecular weight excluding hydrogens is 302 g/mol. The highest BCUT2D eigenvalue weighted by molar-refractivity contribution is 6.01. The van der Waals surface area contributed by atoms with Gasteiger partial charge in [0.1, 0.15) is 0 Å². The molecule has 24 heavy (non-hydrogen) atoms. The number of pyridine rings is 1. The van der Waals surface area contributed by atoms with Crippen molar-refractivity contribution >= 4 is 22.7 Å². The fraction of sp³-hybridized carbons (Fsp3) is 0.158. The molecule has 3 aromatic rings. The first-order chi connectivity index (χ1) is 11.5. The van der Waals surface area contributed by atoms with Crippen LogP contribution in [-0.2, 0) is 6.54 Å². The normalized spacial score (nSPS) is 11.6. The first-order valence-corrected chi connectivity index (χ1v) is 7.66. The van der Waals surface area contributed by atoms with Gasteiger partial charge in [-0.1, -0.05) is 30.3 Å². The molecule has 0 aliphatic heterocycles. The second kappa shape index (κ2) is 6.68. The molecule has 2 aromatic carbocycles. The molecule has 0 bridgehead atoms. The standard InChI is InChI=1S/C19H19N3O2/c1-22(2)12-13-7-9-14(10-8-13)20-11-17-15-5-3-4-6-16(15)18(23)21-19(17)24/h3-11H,12H2,1-2H3,(H2,21,23,24). The second-order valence-corrected chi connectivity index (χ2v) is 5.92. The summed E-state index contributed by atoms with van der Waals surface area (Å²) < 4.78 is 0. The van der Waals surface area contributed by atoms with Crippen LogP contribution in [0.25, 0.3) is 10.8 Å². The topological polar surface area (TPSA) is 68.7 Å². The highest BCUT2D eigenvalue weighted by Crippen LogP contribution is 2.22. The molecule has 0 saturated heterocycles. The van der Waals surface area contributed by atoms with E-state index in [-0.39, 0.29) is 11.4 Å². The van der Waals surface area contributed by atoms with Crippen LogP contribution in [0.5, 0.6) is 5.88 Å². The Hall–Kier alpha value is -2.92. The predicted octanol–water partition coefficient (Wildman–Crippen LogP) is 3.05. The summed E-state index contributed by atoms with van der Waals surface area (Å²) in [5, 5.41) is 11.3. The molecule has 3 rings (SSSR count). The maximum atomic E-state index is 11.9. The number of nitrogens with one attached hydrogen (secondary N) is 1. The van der Waals surface area contributed by atoms with Gasteiger partial charge < -0.3 is 10.0 Å². The Morgan fingerprint density at radius 1 is 1.08 bits per heavy atom. The van der Waals surface area contributed by atoms with Crippen LogP contribution in [-0.4, -0.2) is 35.3 Å². The Labute approximate surface area is 139 Å². The number of aromatic hydroxyl groups is 1. The van der Waals surface area contributed by atoms with Crippen molar-refractivity contribution in [2.24, 2.45) is 4.99 Å². The second-order valence-electron chi connectivity index (χ2n) is 5.92. The lowest BCUT2D eigenvalue weighted by Gasteiger charge is -2.09. The van der Waals surface area contributed by atoms with Gasteiger partial charge in [0.25, 0.3) is 5.56 Å². The highest BCUT2D eigenvalue weighted by atomic mass is 16.3. The summed E-state index contributed by atoms with van der Waals surface area (Å²) in [4.78, 5) is 20.9. The van der Waals surface area contributed by atoms with Crippen molar-refractivity contribution < 1.29 is 5.11 Å². The SMILES string of the molecule is CN(C)Cc1ccc(N=Cc2c(O)[nH]c(=O)c3ccccc23)cc1. The van der Waals surface area contributed by atoms with Gasteiger partial charge in [-0.05, 0) is 37.9 Å². The Kier molecular flexibility index (Phi) is 4.44. The Bertz CT molecular complexity index is 941. The van der Waals surface area contributed by atoms with Crippen LogP contribution in [0, 0.1) is 0 Å². The minimum Gasteiger partial charge on any atom is -0.494 e. The van der Waals surface area contributed by atoms with E-state index in [0.29, 0.717) is 16.3 Å². The lowest BCUT2D eigenvalue weighted by atomic mass is 10.1. The molecule has 0 aliphatic rings. The lowest BCUT2D eigenvalue weighted by Crippen LogP contribution is -2.10. The summed E-state index contributed by atoms with van der Waals surface area (Å²) in [6.45, 7) is 0.870. The minimum atomic E-state index is -0.312. The number of aromatic nitrogens is 1. The molecule has 0 aliphatic carbocycles. The largest absolute Gasteiger partial charge is 0.494 e. The number of aliphatic imine (C=N–C) groups is 1. The van der Waals surface area contributed by atoms with Gasteiger partial charge in [-0.2, -0.15) is 0 Å². The molecule has 2 N–H and O–H groups in total. The van der Waals surface area contributed by atoms with Crippen LogP contribution in [0.4, 0.5) is 5.69 Å². The van der Waals surface area contributed by atoms with Crippen LogP contribution in [0.2, 0.25) is 0 Å². The summed E-state index contributed by atoms with van der Waals surface area (Å²) in [6, 6.07) is 15.1. The zero-order valence-electron chi connectivity index (χ0n) is 13.7. The molecule has 5 heteroatoms. The molecule has 0 spiro atoms. The van der Waals surface area contributed by atoms with Gasteiger partial charge in [-0.25, -0.2) is 0 Å².